The second kappa shape index (κ2) is 4.90. The van der Waals surface area contributed by atoms with E-state index >= 15 is 0 Å². The molecule has 2 rings (SSSR count). The molecule has 1 aliphatic carbocycles. The first-order chi connectivity index (χ1) is 7.24. The molecule has 15 heavy (non-hydrogen) atoms. The van der Waals surface area contributed by atoms with E-state index in [9.17, 15) is 4.39 Å². The molecular formula is C12H13BrFN. The summed E-state index contributed by atoms with van der Waals surface area (Å²) in [6, 6.07) is 5.51. The fraction of sp³-hybridized carbons (Fsp3) is 0.333. The van der Waals surface area contributed by atoms with Crippen molar-refractivity contribution in [3.63, 3.8) is 0 Å². The molecule has 0 atom stereocenters. The topological polar surface area (TPSA) is 12.0 Å². The van der Waals surface area contributed by atoms with Gasteiger partial charge in [0.25, 0.3) is 0 Å². The van der Waals surface area contributed by atoms with Gasteiger partial charge >= 0.3 is 0 Å². The Morgan fingerprint density at radius 2 is 2.00 bits per heavy atom. The molecule has 1 aromatic rings. The summed E-state index contributed by atoms with van der Waals surface area (Å²) in [6.45, 7) is 0.725. The Balaban J connectivity index is 1.92. The average molecular weight is 270 g/mol. The largest absolute Gasteiger partial charge is 0.309 e. The van der Waals surface area contributed by atoms with E-state index in [2.05, 4.69) is 33.4 Å². The molecule has 0 amide bonds. The maximum absolute atomic E-state index is 13.1. The summed E-state index contributed by atoms with van der Waals surface area (Å²) in [5.41, 5.74) is 0.980. The van der Waals surface area contributed by atoms with E-state index in [4.69, 9.17) is 0 Å². The minimum Gasteiger partial charge on any atom is -0.309 e. The van der Waals surface area contributed by atoms with Crippen molar-refractivity contribution in [1.29, 1.82) is 0 Å². The quantitative estimate of drug-likeness (QED) is 0.830. The number of hydrogen-bond donors (Lipinski definition) is 1. The van der Waals surface area contributed by atoms with Gasteiger partial charge in [-0.15, -0.1) is 0 Å². The second-order valence-electron chi connectivity index (χ2n) is 3.80. The maximum Gasteiger partial charge on any atom is 0.124 e. The van der Waals surface area contributed by atoms with E-state index < -0.39 is 0 Å². The Morgan fingerprint density at radius 1 is 1.27 bits per heavy atom. The lowest BCUT2D eigenvalue weighted by Gasteiger charge is -2.12. The normalized spacial score (nSPS) is 16.1. The van der Waals surface area contributed by atoms with E-state index in [0.717, 1.165) is 29.4 Å². The summed E-state index contributed by atoms with van der Waals surface area (Å²) < 4.78 is 13.9. The van der Waals surface area contributed by atoms with Crippen molar-refractivity contribution in [2.45, 2.75) is 25.4 Å². The van der Waals surface area contributed by atoms with Crippen LogP contribution in [0.25, 0.3) is 0 Å². The minimum atomic E-state index is -0.189. The summed E-state index contributed by atoms with van der Waals surface area (Å²) in [4.78, 5) is 0. The van der Waals surface area contributed by atoms with Gasteiger partial charge in [-0.2, -0.15) is 0 Å². The summed E-state index contributed by atoms with van der Waals surface area (Å²) in [6.07, 6.45) is 6.52. The first kappa shape index (κ1) is 10.8. The maximum atomic E-state index is 13.1. The van der Waals surface area contributed by atoms with Crippen LogP contribution in [0.4, 0.5) is 4.39 Å². The van der Waals surface area contributed by atoms with Crippen LogP contribution in [0.2, 0.25) is 0 Å². The molecule has 0 aliphatic heterocycles. The van der Waals surface area contributed by atoms with Gasteiger partial charge in [0.15, 0.2) is 0 Å². The van der Waals surface area contributed by atoms with Crippen molar-refractivity contribution in [2.75, 3.05) is 0 Å². The van der Waals surface area contributed by atoms with Gasteiger partial charge in [-0.05, 0) is 36.6 Å². The van der Waals surface area contributed by atoms with Gasteiger partial charge in [0, 0.05) is 17.1 Å². The van der Waals surface area contributed by atoms with E-state index in [0.29, 0.717) is 6.04 Å². The standard InChI is InChI=1S/C12H13BrFN/c13-10-5-9(6-11(14)7-10)8-15-12-3-1-2-4-12/h1-2,5-7,12,15H,3-4,8H2. The van der Waals surface area contributed by atoms with Crippen molar-refractivity contribution < 1.29 is 4.39 Å². The zero-order chi connectivity index (χ0) is 10.7. The third-order valence-corrected chi connectivity index (χ3v) is 2.98. The van der Waals surface area contributed by atoms with Crippen molar-refractivity contribution >= 4 is 15.9 Å². The average Bonchev–Trinajstić information content (AvgIpc) is 2.65. The van der Waals surface area contributed by atoms with Crippen LogP contribution in [0.3, 0.4) is 0 Å². The zero-order valence-electron chi connectivity index (χ0n) is 8.34. The molecule has 3 heteroatoms. The SMILES string of the molecule is Fc1cc(Br)cc(CNC2CC=CC2)c1. The van der Waals surface area contributed by atoms with Gasteiger partial charge in [0.2, 0.25) is 0 Å². The molecule has 80 valence electrons. The predicted octanol–water partition coefficient (Wildman–Crippen LogP) is 3.40. The molecule has 0 radical (unpaired) electrons. The molecule has 0 spiro atoms. The van der Waals surface area contributed by atoms with Crippen LogP contribution >= 0.6 is 15.9 Å². The zero-order valence-corrected chi connectivity index (χ0v) is 9.93. The molecular weight excluding hydrogens is 257 g/mol. The highest BCUT2D eigenvalue weighted by Gasteiger charge is 2.09. The van der Waals surface area contributed by atoms with Gasteiger partial charge in [-0.25, -0.2) is 4.39 Å². The van der Waals surface area contributed by atoms with Gasteiger partial charge in [0.1, 0.15) is 5.82 Å². The highest BCUT2D eigenvalue weighted by molar-refractivity contribution is 9.10. The summed E-state index contributed by atoms with van der Waals surface area (Å²) in [5.74, 6) is -0.189. The van der Waals surface area contributed by atoms with Crippen LogP contribution in [0.1, 0.15) is 18.4 Å². The van der Waals surface area contributed by atoms with Crippen LogP contribution in [-0.2, 0) is 6.54 Å². The summed E-state index contributed by atoms with van der Waals surface area (Å²) in [7, 11) is 0. The molecule has 1 nitrogen and oxygen atoms in total. The van der Waals surface area contributed by atoms with E-state index in [1.807, 2.05) is 6.07 Å². The number of rotatable bonds is 3. The van der Waals surface area contributed by atoms with Crippen LogP contribution in [0.15, 0.2) is 34.8 Å². The summed E-state index contributed by atoms with van der Waals surface area (Å²) in [5, 5.41) is 3.40. The third-order valence-electron chi connectivity index (χ3n) is 2.53. The molecule has 1 N–H and O–H groups in total. The molecule has 0 fully saturated rings. The molecule has 1 aromatic carbocycles. The first-order valence-corrected chi connectivity index (χ1v) is 5.87. The van der Waals surface area contributed by atoms with Gasteiger partial charge in [-0.3, -0.25) is 0 Å². The van der Waals surface area contributed by atoms with E-state index in [1.165, 1.54) is 6.07 Å². The molecule has 0 bridgehead atoms. The van der Waals surface area contributed by atoms with E-state index in [1.54, 1.807) is 6.07 Å². The lowest BCUT2D eigenvalue weighted by Crippen LogP contribution is -2.25. The highest BCUT2D eigenvalue weighted by atomic mass is 79.9. The molecule has 0 heterocycles. The third kappa shape index (κ3) is 3.14. The van der Waals surface area contributed by atoms with Crippen molar-refractivity contribution in [3.8, 4) is 0 Å². The fourth-order valence-electron chi connectivity index (χ4n) is 1.76. The Hall–Kier alpha value is -0.670. The number of hydrogen-bond acceptors (Lipinski definition) is 1. The lowest BCUT2D eigenvalue weighted by molar-refractivity contribution is 0.535. The van der Waals surface area contributed by atoms with Crippen LogP contribution in [0.5, 0.6) is 0 Å². The fourth-order valence-corrected chi connectivity index (χ4v) is 2.27. The number of halogens is 2. The van der Waals surface area contributed by atoms with Gasteiger partial charge in [0.05, 0.1) is 0 Å². The number of nitrogens with one attached hydrogen (secondary N) is 1. The molecule has 1 aliphatic rings. The Morgan fingerprint density at radius 3 is 2.67 bits per heavy atom. The Kier molecular flexibility index (Phi) is 3.54. The summed E-state index contributed by atoms with van der Waals surface area (Å²) >= 11 is 3.29. The smallest absolute Gasteiger partial charge is 0.124 e. The second-order valence-corrected chi connectivity index (χ2v) is 4.71. The van der Waals surface area contributed by atoms with Crippen LogP contribution in [0, 0.1) is 5.82 Å². The highest BCUT2D eigenvalue weighted by Crippen LogP contribution is 2.16. The monoisotopic (exact) mass is 269 g/mol. The minimum absolute atomic E-state index is 0.189. The molecule has 0 aromatic heterocycles. The van der Waals surface area contributed by atoms with Crippen LogP contribution < -0.4 is 5.32 Å². The van der Waals surface area contributed by atoms with Gasteiger partial charge in [-0.1, -0.05) is 28.1 Å². The van der Waals surface area contributed by atoms with Crippen molar-refractivity contribution in [2.24, 2.45) is 0 Å². The first-order valence-electron chi connectivity index (χ1n) is 5.07. The molecule has 0 saturated carbocycles. The van der Waals surface area contributed by atoms with Crippen molar-refractivity contribution in [3.05, 3.63) is 46.2 Å². The predicted molar refractivity (Wildman–Crippen MR) is 63.1 cm³/mol. The van der Waals surface area contributed by atoms with Gasteiger partial charge < -0.3 is 5.32 Å². The Labute approximate surface area is 97.5 Å². The van der Waals surface area contributed by atoms with Crippen molar-refractivity contribution in [1.82, 2.24) is 5.32 Å². The van der Waals surface area contributed by atoms with E-state index in [-0.39, 0.29) is 5.82 Å². The van der Waals surface area contributed by atoms with Crippen LogP contribution in [-0.4, -0.2) is 6.04 Å². The molecule has 0 saturated heterocycles. The number of benzene rings is 1. The Bertz CT molecular complexity index is 348. The lowest BCUT2D eigenvalue weighted by atomic mass is 10.2. The molecule has 0 unspecified atom stereocenters.